The molecule has 0 aliphatic heterocycles. The number of benzene rings is 2. The number of ether oxygens (including phenoxy) is 1. The molecule has 2 N–H and O–H groups in total. The molecule has 0 bridgehead atoms. The fraction of sp³-hybridized carbons (Fsp3) is 0.278. The Hall–Kier alpha value is -2.59. The third-order valence-corrected chi connectivity index (χ3v) is 5.21. The van der Waals surface area contributed by atoms with Gasteiger partial charge in [0.05, 0.1) is 23.1 Å². The Bertz CT molecular complexity index is 911. The van der Waals surface area contributed by atoms with Crippen molar-refractivity contribution >= 4 is 21.6 Å². The van der Waals surface area contributed by atoms with Gasteiger partial charge in [-0.15, -0.1) is 0 Å². The number of hydrogen-bond acceptors (Lipinski definition) is 4. The maximum absolute atomic E-state index is 12.6. The lowest BCUT2D eigenvalue weighted by Gasteiger charge is -2.15. The number of rotatable bonds is 7. The molecule has 1 atom stereocenters. The van der Waals surface area contributed by atoms with E-state index < -0.39 is 33.7 Å². The van der Waals surface area contributed by atoms with E-state index in [1.54, 1.807) is 6.92 Å². The van der Waals surface area contributed by atoms with Gasteiger partial charge in [-0.2, -0.15) is 17.9 Å². The number of carbonyl (C=O) groups is 1. The van der Waals surface area contributed by atoms with Gasteiger partial charge in [-0.1, -0.05) is 0 Å². The zero-order chi connectivity index (χ0) is 20.9. The number of alkyl halides is 3. The molecule has 152 valence electrons. The fourth-order valence-corrected chi connectivity index (χ4v) is 3.43. The first-order chi connectivity index (χ1) is 13.0. The summed E-state index contributed by atoms with van der Waals surface area (Å²) < 4.78 is 69.9. The maximum atomic E-state index is 12.6. The summed E-state index contributed by atoms with van der Waals surface area (Å²) >= 11 is 0. The van der Waals surface area contributed by atoms with Gasteiger partial charge < -0.3 is 10.1 Å². The first kappa shape index (κ1) is 21.7. The predicted octanol–water partition coefficient (Wildman–Crippen LogP) is 3.41. The molecule has 0 unspecified atom stereocenters. The summed E-state index contributed by atoms with van der Waals surface area (Å²) in [5.41, 5.74) is -0.736. The summed E-state index contributed by atoms with van der Waals surface area (Å²) in [6, 6.07) is 8.34. The van der Waals surface area contributed by atoms with Crippen molar-refractivity contribution in [3.63, 3.8) is 0 Å². The molecule has 0 saturated heterocycles. The van der Waals surface area contributed by atoms with Crippen LogP contribution in [0.5, 0.6) is 5.75 Å². The van der Waals surface area contributed by atoms with Crippen LogP contribution in [0.2, 0.25) is 0 Å². The second-order valence-corrected chi connectivity index (χ2v) is 7.53. The van der Waals surface area contributed by atoms with Crippen molar-refractivity contribution in [1.29, 1.82) is 0 Å². The Kier molecular flexibility index (Phi) is 6.68. The fourth-order valence-electron chi connectivity index (χ4n) is 2.23. The lowest BCUT2D eigenvalue weighted by Crippen LogP contribution is -2.41. The first-order valence-electron chi connectivity index (χ1n) is 8.26. The van der Waals surface area contributed by atoms with E-state index in [1.807, 2.05) is 0 Å². The highest BCUT2D eigenvalue weighted by molar-refractivity contribution is 7.89. The van der Waals surface area contributed by atoms with E-state index in [1.165, 1.54) is 31.2 Å². The molecule has 0 aromatic heterocycles. The first-order valence-corrected chi connectivity index (χ1v) is 9.74. The minimum atomic E-state index is -4.48. The molecule has 10 heteroatoms. The molecule has 2 aromatic carbocycles. The Balaban J connectivity index is 2.02. The van der Waals surface area contributed by atoms with Gasteiger partial charge in [-0.25, -0.2) is 8.42 Å². The molecule has 0 saturated carbocycles. The van der Waals surface area contributed by atoms with Crippen LogP contribution in [0.3, 0.4) is 0 Å². The average Bonchev–Trinajstić information content (AvgIpc) is 2.62. The molecule has 0 heterocycles. The van der Waals surface area contributed by atoms with Crippen LogP contribution in [0, 0.1) is 0 Å². The van der Waals surface area contributed by atoms with Crippen LogP contribution >= 0.6 is 0 Å². The highest BCUT2D eigenvalue weighted by atomic mass is 32.2. The minimum absolute atomic E-state index is 0.0508. The Labute approximate surface area is 160 Å². The molecule has 0 fully saturated rings. The topological polar surface area (TPSA) is 84.5 Å². The van der Waals surface area contributed by atoms with Crippen LogP contribution in [-0.4, -0.2) is 27.0 Å². The van der Waals surface area contributed by atoms with Crippen molar-refractivity contribution in [1.82, 2.24) is 4.72 Å². The van der Waals surface area contributed by atoms with E-state index in [9.17, 15) is 26.4 Å². The molecule has 0 aliphatic carbocycles. The van der Waals surface area contributed by atoms with Crippen LogP contribution < -0.4 is 14.8 Å². The van der Waals surface area contributed by atoms with E-state index in [0.717, 1.165) is 24.3 Å². The van der Waals surface area contributed by atoms with Crippen molar-refractivity contribution < 1.29 is 31.1 Å². The van der Waals surface area contributed by atoms with E-state index in [-0.39, 0.29) is 10.6 Å². The van der Waals surface area contributed by atoms with Crippen LogP contribution in [-0.2, 0) is 21.0 Å². The second-order valence-electron chi connectivity index (χ2n) is 5.81. The van der Waals surface area contributed by atoms with Crippen LogP contribution in [0.25, 0.3) is 0 Å². The minimum Gasteiger partial charge on any atom is -0.494 e. The van der Waals surface area contributed by atoms with Gasteiger partial charge in [0.25, 0.3) is 0 Å². The van der Waals surface area contributed by atoms with E-state index >= 15 is 0 Å². The van der Waals surface area contributed by atoms with Crippen molar-refractivity contribution in [3.05, 3.63) is 54.1 Å². The zero-order valence-electron chi connectivity index (χ0n) is 15.1. The molecular formula is C18H19F3N2O4S. The monoisotopic (exact) mass is 416 g/mol. The summed E-state index contributed by atoms with van der Waals surface area (Å²) in [6.07, 6.45) is -4.48. The number of sulfonamides is 1. The molecule has 6 nitrogen and oxygen atoms in total. The van der Waals surface area contributed by atoms with Gasteiger partial charge in [0.1, 0.15) is 5.75 Å². The number of anilines is 1. The number of hydrogen-bond donors (Lipinski definition) is 2. The van der Waals surface area contributed by atoms with Gasteiger partial charge in [0, 0.05) is 5.69 Å². The summed E-state index contributed by atoms with van der Waals surface area (Å²) in [4.78, 5) is 12.1. The number of nitrogens with one attached hydrogen (secondary N) is 2. The lowest BCUT2D eigenvalue weighted by molar-refractivity contribution is -0.137. The van der Waals surface area contributed by atoms with Gasteiger partial charge in [0.15, 0.2) is 0 Å². The number of amides is 1. The second kappa shape index (κ2) is 8.61. The Morgan fingerprint density at radius 1 is 1.07 bits per heavy atom. The van der Waals surface area contributed by atoms with Crippen LogP contribution in [0.15, 0.2) is 53.4 Å². The largest absolute Gasteiger partial charge is 0.494 e. The van der Waals surface area contributed by atoms with Crippen molar-refractivity contribution in [2.75, 3.05) is 11.9 Å². The highest BCUT2D eigenvalue weighted by Gasteiger charge is 2.30. The average molecular weight is 416 g/mol. The lowest BCUT2D eigenvalue weighted by atomic mass is 10.2. The van der Waals surface area contributed by atoms with Crippen LogP contribution in [0.4, 0.5) is 18.9 Å². The molecule has 2 rings (SSSR count). The summed E-state index contributed by atoms with van der Waals surface area (Å²) in [7, 11) is -3.97. The molecule has 1 amide bonds. The van der Waals surface area contributed by atoms with Gasteiger partial charge >= 0.3 is 6.18 Å². The van der Waals surface area contributed by atoms with Crippen molar-refractivity contribution in [3.8, 4) is 5.75 Å². The van der Waals surface area contributed by atoms with E-state index in [4.69, 9.17) is 4.74 Å². The molecule has 2 aromatic rings. The Morgan fingerprint density at radius 3 is 2.14 bits per heavy atom. The zero-order valence-corrected chi connectivity index (χ0v) is 15.9. The van der Waals surface area contributed by atoms with E-state index in [2.05, 4.69) is 10.0 Å². The maximum Gasteiger partial charge on any atom is 0.416 e. The third-order valence-electron chi connectivity index (χ3n) is 3.65. The van der Waals surface area contributed by atoms with Gasteiger partial charge in [-0.3, -0.25) is 4.79 Å². The normalized spacial score (nSPS) is 13.0. The van der Waals surface area contributed by atoms with Crippen LogP contribution in [0.1, 0.15) is 19.4 Å². The smallest absolute Gasteiger partial charge is 0.416 e. The Morgan fingerprint density at radius 2 is 1.64 bits per heavy atom. The number of carbonyl (C=O) groups excluding carboxylic acids is 1. The molecular weight excluding hydrogens is 397 g/mol. The summed E-state index contributed by atoms with van der Waals surface area (Å²) in [5, 5.41) is 2.37. The molecule has 0 spiro atoms. The molecule has 0 aliphatic rings. The standard InChI is InChI=1S/C18H19F3N2O4S/c1-3-27-15-8-10-16(11-9-15)28(25,26)23-12(2)17(24)22-14-6-4-13(5-7-14)18(19,20)21/h4-12,23H,3H2,1-2H3,(H,22,24)/t12-/m1/s1. The molecule has 28 heavy (non-hydrogen) atoms. The quantitative estimate of drug-likeness (QED) is 0.725. The summed E-state index contributed by atoms with van der Waals surface area (Å²) in [5.74, 6) is -0.205. The SMILES string of the molecule is CCOc1ccc(S(=O)(=O)N[C@H](C)C(=O)Nc2ccc(C(F)(F)F)cc2)cc1. The highest BCUT2D eigenvalue weighted by Crippen LogP contribution is 2.29. The van der Waals surface area contributed by atoms with Gasteiger partial charge in [0.2, 0.25) is 15.9 Å². The van der Waals surface area contributed by atoms with Crippen molar-refractivity contribution in [2.45, 2.75) is 31.0 Å². The predicted molar refractivity (Wildman–Crippen MR) is 97.5 cm³/mol. The third kappa shape index (κ3) is 5.70. The van der Waals surface area contributed by atoms with E-state index in [0.29, 0.717) is 12.4 Å². The van der Waals surface area contributed by atoms with Crippen molar-refractivity contribution in [2.24, 2.45) is 0 Å². The molecule has 0 radical (unpaired) electrons. The number of halogens is 3. The van der Waals surface area contributed by atoms with Gasteiger partial charge in [-0.05, 0) is 62.4 Å². The summed E-state index contributed by atoms with van der Waals surface area (Å²) in [6.45, 7) is 3.56.